The molecule has 7 heteroatoms. The van der Waals surface area contributed by atoms with Crippen LogP contribution in [0.15, 0.2) is 48.0 Å². The molecular weight excluding hydrogens is 602 g/mol. The second-order valence-electron chi connectivity index (χ2n) is 15.7. The van der Waals surface area contributed by atoms with E-state index in [4.69, 9.17) is 18.9 Å². The minimum absolute atomic E-state index is 0.0576. The van der Waals surface area contributed by atoms with Crippen LogP contribution < -0.4 is 0 Å². The third kappa shape index (κ3) is 7.72. The monoisotopic (exact) mass is 665 g/mol. The Kier molecular flexibility index (Phi) is 12.3. The Morgan fingerprint density at radius 2 is 1.71 bits per heavy atom. The molecule has 4 aliphatic carbocycles. The normalized spacial score (nSPS) is 32.0. The summed E-state index contributed by atoms with van der Waals surface area (Å²) in [7, 11) is 0. The first-order valence-electron chi connectivity index (χ1n) is 19.8. The first kappa shape index (κ1) is 35.6. The third-order valence-corrected chi connectivity index (χ3v) is 12.5. The van der Waals surface area contributed by atoms with Crippen molar-refractivity contribution in [1.82, 2.24) is 4.90 Å². The minimum atomic E-state index is -0.796. The van der Waals surface area contributed by atoms with Gasteiger partial charge < -0.3 is 24.1 Å². The maximum absolute atomic E-state index is 12.6. The van der Waals surface area contributed by atoms with Crippen molar-refractivity contribution in [1.29, 1.82) is 0 Å². The smallest absolute Gasteiger partial charge is 0.485 e. The van der Waals surface area contributed by atoms with Crippen LogP contribution in [0.2, 0.25) is 0 Å². The van der Waals surface area contributed by atoms with Gasteiger partial charge in [-0.2, -0.15) is 0 Å². The third-order valence-electron chi connectivity index (χ3n) is 12.5. The zero-order chi connectivity index (χ0) is 33.4. The highest BCUT2D eigenvalue weighted by atomic mass is 16.8. The zero-order valence-corrected chi connectivity index (χ0v) is 29.8. The fourth-order valence-corrected chi connectivity index (χ4v) is 9.79. The van der Waals surface area contributed by atoms with Crippen LogP contribution in [0.4, 0.5) is 4.79 Å². The number of hydrogen-bond donors (Lipinski definition) is 1. The van der Waals surface area contributed by atoms with Crippen molar-refractivity contribution in [2.24, 2.45) is 23.2 Å². The van der Waals surface area contributed by atoms with E-state index in [9.17, 15) is 9.90 Å². The Labute approximate surface area is 290 Å². The van der Waals surface area contributed by atoms with Gasteiger partial charge in [0.25, 0.3) is 0 Å². The van der Waals surface area contributed by atoms with Gasteiger partial charge >= 0.3 is 6.16 Å². The molecule has 3 unspecified atom stereocenters. The minimum Gasteiger partial charge on any atom is -0.485 e. The number of carbonyl (C=O) groups is 1. The molecule has 2 aliphatic heterocycles. The zero-order valence-electron chi connectivity index (χ0n) is 29.8. The van der Waals surface area contributed by atoms with Crippen molar-refractivity contribution in [2.45, 2.75) is 153 Å². The highest BCUT2D eigenvalue weighted by Crippen LogP contribution is 2.70. The number of allylic oxidation sites excluding steroid dienone is 5. The maximum atomic E-state index is 12.6. The highest BCUT2D eigenvalue weighted by Gasteiger charge is 2.76. The predicted octanol–water partition coefficient (Wildman–Crippen LogP) is 9.52. The quantitative estimate of drug-likeness (QED) is 0.0566. The number of ether oxygens (including phenoxy) is 4. The summed E-state index contributed by atoms with van der Waals surface area (Å²) in [5.74, 6) is 2.56. The first-order valence-corrected chi connectivity index (χ1v) is 19.8. The van der Waals surface area contributed by atoms with Crippen LogP contribution in [0.3, 0.4) is 0 Å². The second-order valence-corrected chi connectivity index (χ2v) is 15.7. The molecule has 3 saturated carbocycles. The van der Waals surface area contributed by atoms with Gasteiger partial charge in [-0.1, -0.05) is 89.5 Å². The molecule has 5 fully saturated rings. The van der Waals surface area contributed by atoms with E-state index in [1.54, 1.807) is 0 Å². The highest BCUT2D eigenvalue weighted by molar-refractivity contribution is 5.59. The summed E-state index contributed by atoms with van der Waals surface area (Å²) in [6, 6.07) is 0.156. The lowest BCUT2D eigenvalue weighted by molar-refractivity contribution is -0.240. The number of hydrogen-bond acceptors (Lipinski definition) is 7. The average molecular weight is 666 g/mol. The molecule has 48 heavy (non-hydrogen) atoms. The van der Waals surface area contributed by atoms with E-state index >= 15 is 0 Å². The maximum Gasteiger partial charge on any atom is 0.511 e. The molecule has 0 radical (unpaired) electrons. The van der Waals surface area contributed by atoms with Crippen molar-refractivity contribution in [3.63, 3.8) is 0 Å². The summed E-state index contributed by atoms with van der Waals surface area (Å²) >= 11 is 0. The fraction of sp³-hybridized carbons (Fsp3) is 0.780. The second kappa shape index (κ2) is 16.6. The van der Waals surface area contributed by atoms with Gasteiger partial charge in [0.1, 0.15) is 11.9 Å². The molecule has 6 rings (SSSR count). The molecule has 6 aliphatic rings. The first-order chi connectivity index (χ1) is 23.5. The Hall–Kier alpha value is -2.25. The van der Waals surface area contributed by atoms with Crippen LogP contribution >= 0.6 is 0 Å². The Morgan fingerprint density at radius 1 is 1.00 bits per heavy atom. The molecule has 268 valence electrons. The summed E-state index contributed by atoms with van der Waals surface area (Å²) in [6.45, 7) is 8.94. The lowest BCUT2D eigenvalue weighted by atomic mass is 9.44. The summed E-state index contributed by atoms with van der Waals surface area (Å²) in [5, 5.41) is 12.6. The van der Waals surface area contributed by atoms with Gasteiger partial charge in [0.2, 0.25) is 6.79 Å². The van der Waals surface area contributed by atoms with Crippen molar-refractivity contribution < 1.29 is 28.8 Å². The van der Waals surface area contributed by atoms with E-state index in [2.05, 4.69) is 36.6 Å². The van der Waals surface area contributed by atoms with Crippen molar-refractivity contribution >= 4 is 6.16 Å². The molecule has 0 amide bonds. The lowest BCUT2D eigenvalue weighted by Crippen LogP contribution is -2.75. The van der Waals surface area contributed by atoms with Crippen LogP contribution in [0.25, 0.3) is 0 Å². The number of nitrogens with zero attached hydrogens (tertiary/aromatic N) is 1. The van der Waals surface area contributed by atoms with Gasteiger partial charge in [0.05, 0.1) is 17.6 Å². The largest absolute Gasteiger partial charge is 0.511 e. The van der Waals surface area contributed by atoms with Crippen LogP contribution in [0.5, 0.6) is 0 Å². The number of piperidine rings is 1. The molecule has 1 N–H and O–H groups in total. The standard InChI is InChI=1S/C41H63NO6/c1-3-4-5-6-7-8-9-10-11-12-13-14-15-16-17-18-27-45-39(43)47-30-46-34-22-21-33-28-35-41(44)24-23-31(2)38-40(41,36(33)37(34)48-38)25-26-42(35)29-32-19-20-32/h10-11,21-22,32-33,35-36,38,44H,2-9,12-20,23-30H2,1H3/b11-10+/t33?,35?,36?,38-,40-,41+/m0/s1. The van der Waals surface area contributed by atoms with E-state index < -0.39 is 11.8 Å². The van der Waals surface area contributed by atoms with E-state index in [-0.39, 0.29) is 36.2 Å². The van der Waals surface area contributed by atoms with E-state index in [0.29, 0.717) is 12.4 Å². The lowest BCUT2D eigenvalue weighted by Gasteiger charge is -2.66. The number of aliphatic hydroxyl groups is 1. The van der Waals surface area contributed by atoms with Crippen molar-refractivity contribution in [2.75, 3.05) is 26.5 Å². The molecule has 2 saturated heterocycles. The molecule has 2 heterocycles. The van der Waals surface area contributed by atoms with Crippen LogP contribution in [0, 0.1) is 23.2 Å². The summed E-state index contributed by atoms with van der Waals surface area (Å²) < 4.78 is 23.3. The van der Waals surface area contributed by atoms with E-state index in [1.165, 1.54) is 83.5 Å². The SMILES string of the molecule is C=C1CC[C@@]2(O)C3CC4C=CC(OCOC(=O)OCCCCCCCC/C=C/CCCCCCCC)=C5O[C@@H]1[C@]2(CCN3CC1CC1)C54. The Bertz CT molecular complexity index is 1190. The Morgan fingerprint density at radius 3 is 2.44 bits per heavy atom. The van der Waals surface area contributed by atoms with Crippen molar-refractivity contribution in [3.8, 4) is 0 Å². The molecule has 0 aromatic heterocycles. The summed E-state index contributed by atoms with van der Waals surface area (Å²) in [4.78, 5) is 14.9. The number of unbranched alkanes of at least 4 members (excludes halogenated alkanes) is 12. The molecule has 1 spiro atoms. The van der Waals surface area contributed by atoms with Crippen LogP contribution in [-0.4, -0.2) is 60.4 Å². The molecule has 7 nitrogen and oxygen atoms in total. The van der Waals surface area contributed by atoms with Gasteiger partial charge in [-0.25, -0.2) is 4.79 Å². The average Bonchev–Trinajstić information content (AvgIpc) is 3.83. The molecular formula is C41H63NO6. The van der Waals surface area contributed by atoms with Crippen LogP contribution in [0.1, 0.15) is 135 Å². The van der Waals surface area contributed by atoms with Gasteiger partial charge in [-0.15, -0.1) is 0 Å². The van der Waals surface area contributed by atoms with Gasteiger partial charge in [-0.05, 0) is 101 Å². The summed E-state index contributed by atoms with van der Waals surface area (Å²) in [6.07, 6.45) is 31.5. The topological polar surface area (TPSA) is 77.5 Å². The fourth-order valence-electron chi connectivity index (χ4n) is 9.79. The number of likely N-dealkylation sites (tertiary alicyclic amines) is 1. The Balaban J connectivity index is 0.867. The molecule has 0 aromatic carbocycles. The van der Waals surface area contributed by atoms with Gasteiger partial charge in [0.15, 0.2) is 5.76 Å². The number of carbonyl (C=O) groups excluding carboxylic acids is 1. The van der Waals surface area contributed by atoms with Crippen molar-refractivity contribution in [3.05, 3.63) is 48.0 Å². The molecule has 0 aromatic rings. The van der Waals surface area contributed by atoms with E-state index in [0.717, 1.165) is 75.3 Å². The van der Waals surface area contributed by atoms with Crippen LogP contribution in [-0.2, 0) is 18.9 Å². The van der Waals surface area contributed by atoms with Gasteiger partial charge in [-0.3, -0.25) is 4.90 Å². The summed E-state index contributed by atoms with van der Waals surface area (Å²) in [5.41, 5.74) is -0.0914. The van der Waals surface area contributed by atoms with Gasteiger partial charge in [0, 0.05) is 18.5 Å². The molecule has 6 atom stereocenters. The molecule has 2 bridgehead atoms. The number of rotatable bonds is 21. The predicted molar refractivity (Wildman–Crippen MR) is 189 cm³/mol. The van der Waals surface area contributed by atoms with E-state index in [1.807, 2.05) is 6.08 Å².